The Hall–Kier alpha value is -6.72. The van der Waals surface area contributed by atoms with Crippen molar-refractivity contribution in [3.63, 3.8) is 0 Å². The number of hydrogen-bond donors (Lipinski definition) is 2. The summed E-state index contributed by atoms with van der Waals surface area (Å²) in [5.74, 6) is 0.654. The Kier molecular flexibility index (Phi) is 6.93. The number of nitrogens with zero attached hydrogens (tertiary/aromatic N) is 1. The molecule has 1 atom stereocenters. The predicted octanol–water partition coefficient (Wildman–Crippen LogP) is 11.9. The topological polar surface area (TPSA) is 67.6 Å². The fourth-order valence-electron chi connectivity index (χ4n) is 7.85. The molecule has 250 valence electrons. The number of anilines is 1. The highest BCUT2D eigenvalue weighted by atomic mass is 16.3. The molecule has 0 fully saturated rings. The van der Waals surface area contributed by atoms with E-state index in [9.17, 15) is 0 Å². The summed E-state index contributed by atoms with van der Waals surface area (Å²) in [4.78, 5) is 2.20. The van der Waals surface area contributed by atoms with E-state index in [1.807, 2.05) is 30.3 Å². The maximum absolute atomic E-state index is 7.11. The molecule has 1 aliphatic heterocycles. The minimum atomic E-state index is -0.287. The standard InChI is InChI=1S/C47H35N3O2/c1-29(30-12-4-2-5-13-30)45-46(48)50(36-14-6-3-7-15-36)47(49-45)35-25-33(31-20-22-43-39(27-31)37-16-8-10-18-41(37)51-43)24-34(26-35)32-21-23-44-40(28-32)38-17-9-11-19-42(38)52-44/h2-4,6-12,14-28,47,49H,1,5,13,48H2. The van der Waals surface area contributed by atoms with Gasteiger partial charge in [0.15, 0.2) is 0 Å². The van der Waals surface area contributed by atoms with Crippen molar-refractivity contribution in [2.45, 2.75) is 19.0 Å². The molecule has 52 heavy (non-hydrogen) atoms. The van der Waals surface area contributed by atoms with E-state index in [0.717, 1.165) is 101 Å². The van der Waals surface area contributed by atoms with Crippen LogP contribution < -0.4 is 16.0 Å². The molecule has 1 unspecified atom stereocenters. The third-order valence-corrected chi connectivity index (χ3v) is 10.5. The Morgan fingerprint density at radius 1 is 0.635 bits per heavy atom. The van der Waals surface area contributed by atoms with Crippen LogP contribution in [0, 0.1) is 0 Å². The van der Waals surface area contributed by atoms with Crippen molar-refractivity contribution in [2.24, 2.45) is 5.73 Å². The molecule has 3 N–H and O–H groups in total. The summed E-state index contributed by atoms with van der Waals surface area (Å²) < 4.78 is 12.4. The van der Waals surface area contributed by atoms with Crippen molar-refractivity contribution >= 4 is 49.6 Å². The molecule has 0 radical (unpaired) electrons. The maximum atomic E-state index is 7.11. The van der Waals surface area contributed by atoms with Crippen molar-refractivity contribution in [1.82, 2.24) is 5.32 Å². The third kappa shape index (κ3) is 4.93. The van der Waals surface area contributed by atoms with Crippen LogP contribution in [-0.4, -0.2) is 0 Å². The molecule has 6 aromatic carbocycles. The number of rotatable bonds is 6. The van der Waals surface area contributed by atoms with Crippen LogP contribution >= 0.6 is 0 Å². The fraction of sp³-hybridized carbons (Fsp3) is 0.0638. The molecule has 1 aliphatic carbocycles. The van der Waals surface area contributed by atoms with E-state index in [-0.39, 0.29) is 6.17 Å². The van der Waals surface area contributed by atoms with Gasteiger partial charge in [-0.25, -0.2) is 0 Å². The van der Waals surface area contributed by atoms with E-state index in [0.29, 0.717) is 5.82 Å². The average molecular weight is 674 g/mol. The van der Waals surface area contributed by atoms with Crippen LogP contribution in [0.1, 0.15) is 24.6 Å². The first-order valence-electron chi connectivity index (χ1n) is 17.7. The first-order chi connectivity index (χ1) is 25.6. The number of furan rings is 2. The van der Waals surface area contributed by atoms with Crippen LogP contribution in [0.25, 0.3) is 66.1 Å². The van der Waals surface area contributed by atoms with E-state index in [1.165, 1.54) is 5.57 Å². The lowest BCUT2D eigenvalue weighted by Gasteiger charge is -2.29. The highest BCUT2D eigenvalue weighted by Gasteiger charge is 2.34. The second kappa shape index (κ2) is 12.0. The summed E-state index contributed by atoms with van der Waals surface area (Å²) >= 11 is 0. The molecule has 2 aromatic heterocycles. The first-order valence-corrected chi connectivity index (χ1v) is 17.7. The highest BCUT2D eigenvalue weighted by molar-refractivity contribution is 6.07. The largest absolute Gasteiger partial charge is 0.456 e. The minimum Gasteiger partial charge on any atom is -0.456 e. The Bertz CT molecular complexity index is 2680. The normalized spacial score (nSPS) is 16.0. The summed E-state index contributed by atoms with van der Waals surface area (Å²) in [6.07, 6.45) is 8.08. The zero-order chi connectivity index (χ0) is 34.8. The number of allylic oxidation sites excluding steroid dienone is 4. The zero-order valence-electron chi connectivity index (χ0n) is 28.5. The lowest BCUT2D eigenvalue weighted by molar-refractivity contribution is 0.646. The van der Waals surface area contributed by atoms with Crippen LogP contribution in [-0.2, 0) is 0 Å². The number of nitrogens with two attached hydrogens (primary N) is 1. The molecule has 0 spiro atoms. The van der Waals surface area contributed by atoms with Crippen LogP contribution in [0.15, 0.2) is 190 Å². The molecule has 0 saturated heterocycles. The van der Waals surface area contributed by atoms with E-state index in [4.69, 9.17) is 14.6 Å². The quantitative estimate of drug-likeness (QED) is 0.184. The van der Waals surface area contributed by atoms with Gasteiger partial charge in [-0.1, -0.05) is 91.5 Å². The molecule has 0 bridgehead atoms. The van der Waals surface area contributed by atoms with Crippen molar-refractivity contribution in [2.75, 3.05) is 4.90 Å². The van der Waals surface area contributed by atoms with Crippen LogP contribution in [0.4, 0.5) is 5.69 Å². The number of hydrogen-bond acceptors (Lipinski definition) is 5. The lowest BCUT2D eigenvalue weighted by Crippen LogP contribution is -2.31. The Morgan fingerprint density at radius 2 is 1.21 bits per heavy atom. The van der Waals surface area contributed by atoms with Crippen LogP contribution in [0.2, 0.25) is 0 Å². The van der Waals surface area contributed by atoms with E-state index < -0.39 is 0 Å². The number of fused-ring (bicyclic) bond motifs is 6. The maximum Gasteiger partial charge on any atom is 0.135 e. The summed E-state index contributed by atoms with van der Waals surface area (Å²) in [6.45, 7) is 4.55. The Balaban J connectivity index is 1.16. The molecule has 2 aliphatic rings. The van der Waals surface area contributed by atoms with Gasteiger partial charge in [0, 0.05) is 27.2 Å². The monoisotopic (exact) mass is 673 g/mol. The van der Waals surface area contributed by atoms with Gasteiger partial charge in [-0.15, -0.1) is 0 Å². The fourth-order valence-corrected chi connectivity index (χ4v) is 7.85. The molecule has 3 heterocycles. The predicted molar refractivity (Wildman–Crippen MR) is 213 cm³/mol. The molecule has 5 heteroatoms. The third-order valence-electron chi connectivity index (χ3n) is 10.5. The van der Waals surface area contributed by atoms with Crippen molar-refractivity contribution in [1.29, 1.82) is 0 Å². The highest BCUT2D eigenvalue weighted by Crippen LogP contribution is 2.42. The van der Waals surface area contributed by atoms with Gasteiger partial charge < -0.3 is 24.8 Å². The summed E-state index contributed by atoms with van der Waals surface area (Å²) in [6, 6.07) is 46.6. The van der Waals surface area contributed by atoms with Crippen molar-refractivity contribution in [3.05, 3.63) is 186 Å². The molecule has 10 rings (SSSR count). The number of para-hydroxylation sites is 3. The molecule has 5 nitrogen and oxygen atoms in total. The van der Waals surface area contributed by atoms with Crippen molar-refractivity contribution in [3.8, 4) is 22.3 Å². The second-order valence-electron chi connectivity index (χ2n) is 13.6. The number of nitrogens with one attached hydrogen (secondary N) is 1. The van der Waals surface area contributed by atoms with Gasteiger partial charge in [0.1, 0.15) is 34.3 Å². The lowest BCUT2D eigenvalue weighted by atomic mass is 9.93. The van der Waals surface area contributed by atoms with Gasteiger partial charge in [-0.3, -0.25) is 0 Å². The molecule has 0 saturated carbocycles. The van der Waals surface area contributed by atoms with E-state index in [1.54, 1.807) is 0 Å². The van der Waals surface area contributed by atoms with Crippen molar-refractivity contribution < 1.29 is 8.83 Å². The Morgan fingerprint density at radius 3 is 1.81 bits per heavy atom. The molecular formula is C47H35N3O2. The smallest absolute Gasteiger partial charge is 0.135 e. The average Bonchev–Trinajstić information content (AvgIpc) is 3.88. The minimum absolute atomic E-state index is 0.287. The van der Waals surface area contributed by atoms with E-state index >= 15 is 0 Å². The van der Waals surface area contributed by atoms with Gasteiger partial charge >= 0.3 is 0 Å². The van der Waals surface area contributed by atoms with E-state index in [2.05, 4.69) is 138 Å². The van der Waals surface area contributed by atoms with Gasteiger partial charge in [-0.2, -0.15) is 0 Å². The summed E-state index contributed by atoms with van der Waals surface area (Å²) in [7, 11) is 0. The SMILES string of the molecule is C=C(C1=CC=CCC1)C1=C(N)N(c2ccccc2)C(c2cc(-c3ccc4oc5ccccc5c4c3)cc(-c3ccc4oc5ccccc5c4c3)c2)N1. The summed E-state index contributed by atoms with van der Waals surface area (Å²) in [5, 5.41) is 8.24. The van der Waals surface area contributed by atoms with Crippen LogP contribution in [0.5, 0.6) is 0 Å². The van der Waals surface area contributed by atoms with Gasteiger partial charge in [0.25, 0.3) is 0 Å². The number of benzene rings is 6. The Labute approximate surface area is 301 Å². The molecule has 0 amide bonds. The van der Waals surface area contributed by atoms with Crippen LogP contribution in [0.3, 0.4) is 0 Å². The molecular weight excluding hydrogens is 639 g/mol. The van der Waals surface area contributed by atoms with Gasteiger partial charge in [0.05, 0.1) is 5.70 Å². The first kappa shape index (κ1) is 30.1. The summed E-state index contributed by atoms with van der Waals surface area (Å²) in [5.41, 5.74) is 20.1. The van der Waals surface area contributed by atoms with Gasteiger partial charge in [0.2, 0.25) is 0 Å². The second-order valence-corrected chi connectivity index (χ2v) is 13.6. The van der Waals surface area contributed by atoms with Gasteiger partial charge in [-0.05, 0) is 119 Å². The zero-order valence-corrected chi connectivity index (χ0v) is 28.5. The molecule has 8 aromatic rings.